The van der Waals surface area contributed by atoms with Gasteiger partial charge in [0.2, 0.25) is 11.7 Å². The van der Waals surface area contributed by atoms with Crippen LogP contribution < -0.4 is 0 Å². The van der Waals surface area contributed by atoms with Crippen molar-refractivity contribution < 1.29 is 14.4 Å². The van der Waals surface area contributed by atoms with Gasteiger partial charge in [-0.05, 0) is 37.3 Å². The predicted molar refractivity (Wildman–Crippen MR) is 98.0 cm³/mol. The van der Waals surface area contributed by atoms with Crippen molar-refractivity contribution in [1.82, 2.24) is 15.1 Å². The standard InChI is InChI=1S/C19H24ClN3O3/c20-16-10-9-15(12-21-16)18-22-19(26-23-18)14-7-4-6-13(11-14)5-2-1-3-8-17(24)25/h9-10,12-14H,1-8,11H2,(H,24,25). The van der Waals surface area contributed by atoms with Gasteiger partial charge in [0.15, 0.2) is 0 Å². The van der Waals surface area contributed by atoms with E-state index < -0.39 is 5.97 Å². The number of hydrogen-bond donors (Lipinski definition) is 1. The van der Waals surface area contributed by atoms with Gasteiger partial charge in [-0.3, -0.25) is 4.79 Å². The van der Waals surface area contributed by atoms with Gasteiger partial charge in [-0.2, -0.15) is 4.98 Å². The van der Waals surface area contributed by atoms with Gasteiger partial charge < -0.3 is 9.63 Å². The summed E-state index contributed by atoms with van der Waals surface area (Å²) in [5, 5.41) is 13.2. The van der Waals surface area contributed by atoms with Gasteiger partial charge in [-0.1, -0.05) is 48.9 Å². The zero-order valence-electron chi connectivity index (χ0n) is 14.7. The van der Waals surface area contributed by atoms with E-state index >= 15 is 0 Å². The first kappa shape index (κ1) is 18.8. The van der Waals surface area contributed by atoms with Gasteiger partial charge in [-0.25, -0.2) is 4.98 Å². The topological polar surface area (TPSA) is 89.1 Å². The van der Waals surface area contributed by atoms with Gasteiger partial charge in [0.05, 0.1) is 0 Å². The predicted octanol–water partition coefficient (Wildman–Crippen LogP) is 5.09. The molecule has 26 heavy (non-hydrogen) atoms. The summed E-state index contributed by atoms with van der Waals surface area (Å²) in [6.45, 7) is 0. The number of aromatic nitrogens is 3. The number of unbranched alkanes of at least 4 members (excludes halogenated alkanes) is 2. The van der Waals surface area contributed by atoms with Crippen LogP contribution in [0.15, 0.2) is 22.9 Å². The molecule has 0 amide bonds. The molecule has 2 aromatic heterocycles. The van der Waals surface area contributed by atoms with Crippen LogP contribution in [-0.4, -0.2) is 26.2 Å². The normalized spacial score (nSPS) is 20.2. The van der Waals surface area contributed by atoms with E-state index in [9.17, 15) is 4.79 Å². The molecule has 0 aliphatic heterocycles. The molecule has 2 heterocycles. The maximum atomic E-state index is 10.6. The highest BCUT2D eigenvalue weighted by Gasteiger charge is 2.27. The summed E-state index contributed by atoms with van der Waals surface area (Å²) in [7, 11) is 0. The number of nitrogens with zero attached hydrogens (tertiary/aromatic N) is 3. The molecule has 1 aliphatic carbocycles. The minimum absolute atomic E-state index is 0.275. The number of rotatable bonds is 8. The molecule has 1 aliphatic rings. The first-order chi connectivity index (χ1) is 12.6. The molecule has 1 saturated carbocycles. The highest BCUT2D eigenvalue weighted by molar-refractivity contribution is 6.29. The van der Waals surface area contributed by atoms with Gasteiger partial charge >= 0.3 is 5.97 Å². The maximum absolute atomic E-state index is 10.6. The highest BCUT2D eigenvalue weighted by Crippen LogP contribution is 2.38. The first-order valence-corrected chi connectivity index (χ1v) is 9.67. The molecule has 140 valence electrons. The Morgan fingerprint density at radius 1 is 1.27 bits per heavy atom. The lowest BCUT2D eigenvalue weighted by atomic mass is 9.79. The zero-order chi connectivity index (χ0) is 18.4. The minimum Gasteiger partial charge on any atom is -0.481 e. The first-order valence-electron chi connectivity index (χ1n) is 9.29. The third-order valence-electron chi connectivity index (χ3n) is 5.06. The van der Waals surface area contributed by atoms with Crippen molar-refractivity contribution in [3.63, 3.8) is 0 Å². The van der Waals surface area contributed by atoms with Crippen LogP contribution in [0.5, 0.6) is 0 Å². The van der Waals surface area contributed by atoms with Crippen LogP contribution in [0.2, 0.25) is 5.15 Å². The maximum Gasteiger partial charge on any atom is 0.303 e. The van der Waals surface area contributed by atoms with Crippen LogP contribution >= 0.6 is 11.6 Å². The van der Waals surface area contributed by atoms with E-state index in [0.29, 0.717) is 28.7 Å². The van der Waals surface area contributed by atoms with E-state index in [2.05, 4.69) is 15.1 Å². The fourth-order valence-electron chi connectivity index (χ4n) is 3.69. The van der Waals surface area contributed by atoms with E-state index in [4.69, 9.17) is 21.2 Å². The Balaban J connectivity index is 1.51. The zero-order valence-corrected chi connectivity index (χ0v) is 15.5. The van der Waals surface area contributed by atoms with Crippen LogP contribution in [0.1, 0.15) is 69.6 Å². The Morgan fingerprint density at radius 3 is 2.92 bits per heavy atom. The van der Waals surface area contributed by atoms with E-state index in [1.807, 2.05) is 6.07 Å². The molecule has 1 fully saturated rings. The number of pyridine rings is 1. The van der Waals surface area contributed by atoms with Crippen molar-refractivity contribution >= 4 is 17.6 Å². The van der Waals surface area contributed by atoms with Crippen LogP contribution in [0.4, 0.5) is 0 Å². The van der Waals surface area contributed by atoms with Crippen molar-refractivity contribution in [2.45, 2.75) is 63.7 Å². The van der Waals surface area contributed by atoms with Crippen LogP contribution in [-0.2, 0) is 4.79 Å². The number of aliphatic carboxylic acids is 1. The number of halogens is 1. The van der Waals surface area contributed by atoms with Gasteiger partial charge in [0, 0.05) is 24.1 Å². The minimum atomic E-state index is -0.703. The molecule has 3 rings (SSSR count). The van der Waals surface area contributed by atoms with Crippen molar-refractivity contribution in [2.75, 3.05) is 0 Å². The van der Waals surface area contributed by atoms with Gasteiger partial charge in [0.1, 0.15) is 5.15 Å². The summed E-state index contributed by atoms with van der Waals surface area (Å²) < 4.78 is 5.52. The summed E-state index contributed by atoms with van der Waals surface area (Å²) >= 11 is 5.81. The number of carboxylic acid groups (broad SMARTS) is 1. The smallest absolute Gasteiger partial charge is 0.303 e. The fraction of sp³-hybridized carbons (Fsp3) is 0.579. The number of carboxylic acids is 1. The third kappa shape index (κ3) is 5.27. The molecule has 2 atom stereocenters. The third-order valence-corrected chi connectivity index (χ3v) is 5.29. The summed E-state index contributed by atoms with van der Waals surface area (Å²) in [6.07, 6.45) is 10.5. The molecular formula is C19H24ClN3O3. The lowest BCUT2D eigenvalue weighted by molar-refractivity contribution is -0.137. The van der Waals surface area contributed by atoms with Gasteiger partial charge in [-0.15, -0.1) is 0 Å². The largest absolute Gasteiger partial charge is 0.481 e. The summed E-state index contributed by atoms with van der Waals surface area (Å²) in [5.41, 5.74) is 0.801. The molecule has 0 saturated heterocycles. The molecule has 7 heteroatoms. The molecule has 1 N–H and O–H groups in total. The van der Waals surface area contributed by atoms with E-state index in [1.54, 1.807) is 12.3 Å². The average Bonchev–Trinajstić information content (AvgIpc) is 3.12. The number of carbonyl (C=O) groups is 1. The number of hydrogen-bond acceptors (Lipinski definition) is 5. The Morgan fingerprint density at radius 2 is 2.15 bits per heavy atom. The fourth-order valence-corrected chi connectivity index (χ4v) is 3.80. The lowest BCUT2D eigenvalue weighted by Crippen LogP contribution is -2.14. The van der Waals surface area contributed by atoms with E-state index in [-0.39, 0.29) is 6.42 Å². The van der Waals surface area contributed by atoms with Crippen molar-refractivity contribution in [2.24, 2.45) is 5.92 Å². The molecule has 2 unspecified atom stereocenters. The van der Waals surface area contributed by atoms with E-state index in [1.165, 1.54) is 12.8 Å². The molecule has 2 aromatic rings. The molecule has 0 aromatic carbocycles. The second kappa shape index (κ2) is 9.12. The monoisotopic (exact) mass is 377 g/mol. The quantitative estimate of drug-likeness (QED) is 0.508. The Hall–Kier alpha value is -1.95. The second-order valence-electron chi connectivity index (χ2n) is 7.05. The molecule has 0 bridgehead atoms. The molecule has 6 nitrogen and oxygen atoms in total. The summed E-state index contributed by atoms with van der Waals surface area (Å²) in [6, 6.07) is 3.55. The molecule has 0 radical (unpaired) electrons. The average molecular weight is 378 g/mol. The Bertz CT molecular complexity index is 717. The lowest BCUT2D eigenvalue weighted by Gasteiger charge is -2.26. The van der Waals surface area contributed by atoms with Crippen LogP contribution in [0.25, 0.3) is 11.4 Å². The van der Waals surface area contributed by atoms with Gasteiger partial charge in [0.25, 0.3) is 0 Å². The van der Waals surface area contributed by atoms with Crippen molar-refractivity contribution in [3.05, 3.63) is 29.4 Å². The van der Waals surface area contributed by atoms with Crippen molar-refractivity contribution in [1.29, 1.82) is 0 Å². The Kier molecular flexibility index (Phi) is 6.61. The Labute approximate surface area is 158 Å². The molecular weight excluding hydrogens is 354 g/mol. The summed E-state index contributed by atoms with van der Waals surface area (Å²) in [4.78, 5) is 19.2. The van der Waals surface area contributed by atoms with Crippen LogP contribution in [0.3, 0.4) is 0 Å². The van der Waals surface area contributed by atoms with E-state index in [0.717, 1.165) is 44.1 Å². The second-order valence-corrected chi connectivity index (χ2v) is 7.44. The van der Waals surface area contributed by atoms with Crippen LogP contribution in [0, 0.1) is 5.92 Å². The van der Waals surface area contributed by atoms with Crippen molar-refractivity contribution in [3.8, 4) is 11.4 Å². The summed E-state index contributed by atoms with van der Waals surface area (Å²) in [5.74, 6) is 1.54. The highest BCUT2D eigenvalue weighted by atomic mass is 35.5. The SMILES string of the molecule is O=C(O)CCCCCC1CCCC(c2nc(-c3ccc(Cl)nc3)no2)C1. The molecule has 0 spiro atoms.